The highest BCUT2D eigenvalue weighted by Gasteiger charge is 2.11. The van der Waals surface area contributed by atoms with Crippen molar-refractivity contribution < 1.29 is 4.79 Å². The van der Waals surface area contributed by atoms with Crippen LogP contribution in [0.5, 0.6) is 0 Å². The molecule has 0 fully saturated rings. The molecule has 0 aromatic carbocycles. The molecule has 0 aliphatic heterocycles. The molecule has 5 nitrogen and oxygen atoms in total. The second kappa shape index (κ2) is 7.86. The summed E-state index contributed by atoms with van der Waals surface area (Å²) in [5.74, 6) is 0.114. The van der Waals surface area contributed by atoms with Crippen LogP contribution in [0.15, 0.2) is 18.2 Å². The van der Waals surface area contributed by atoms with E-state index in [1.807, 2.05) is 44.1 Å². The lowest BCUT2D eigenvalue weighted by Crippen LogP contribution is -2.37. The Labute approximate surface area is 115 Å². The summed E-state index contributed by atoms with van der Waals surface area (Å²) in [6, 6.07) is 5.93. The van der Waals surface area contributed by atoms with Crippen LogP contribution in [-0.2, 0) is 11.3 Å². The van der Waals surface area contributed by atoms with Crippen molar-refractivity contribution in [2.45, 2.75) is 19.9 Å². The standard InChI is InChI=1S/C14H24N4O/c1-12-6-4-7-13(16-12)10-17(2)11-14(19)18(3)9-5-8-15/h4,6-7H,5,8-11,15H2,1-3H3. The molecule has 0 radical (unpaired) electrons. The highest BCUT2D eigenvalue weighted by molar-refractivity contribution is 5.77. The lowest BCUT2D eigenvalue weighted by Gasteiger charge is -2.21. The van der Waals surface area contributed by atoms with E-state index in [4.69, 9.17) is 5.73 Å². The molecule has 5 heteroatoms. The minimum Gasteiger partial charge on any atom is -0.345 e. The minimum atomic E-state index is 0.114. The Bertz CT molecular complexity index is 408. The molecule has 19 heavy (non-hydrogen) atoms. The summed E-state index contributed by atoms with van der Waals surface area (Å²) in [5.41, 5.74) is 7.42. The van der Waals surface area contributed by atoms with Gasteiger partial charge in [0.25, 0.3) is 0 Å². The molecule has 0 saturated carbocycles. The molecule has 1 heterocycles. The number of amides is 1. The van der Waals surface area contributed by atoms with Gasteiger partial charge in [-0.15, -0.1) is 0 Å². The van der Waals surface area contributed by atoms with Crippen LogP contribution in [0.3, 0.4) is 0 Å². The number of aromatic nitrogens is 1. The minimum absolute atomic E-state index is 0.114. The molecule has 1 aromatic heterocycles. The zero-order valence-corrected chi connectivity index (χ0v) is 12.1. The van der Waals surface area contributed by atoms with E-state index in [9.17, 15) is 4.79 Å². The van der Waals surface area contributed by atoms with Crippen molar-refractivity contribution in [2.24, 2.45) is 5.73 Å². The monoisotopic (exact) mass is 264 g/mol. The third-order valence-corrected chi connectivity index (χ3v) is 2.91. The molecule has 1 rings (SSSR count). The number of hydrogen-bond acceptors (Lipinski definition) is 4. The van der Waals surface area contributed by atoms with Crippen LogP contribution in [-0.4, -0.2) is 54.4 Å². The normalized spacial score (nSPS) is 10.8. The highest BCUT2D eigenvalue weighted by atomic mass is 16.2. The Hall–Kier alpha value is -1.46. The number of likely N-dealkylation sites (N-methyl/N-ethyl adjacent to an activating group) is 2. The largest absolute Gasteiger partial charge is 0.345 e. The van der Waals surface area contributed by atoms with Gasteiger partial charge in [0, 0.05) is 25.8 Å². The van der Waals surface area contributed by atoms with Gasteiger partial charge in [0.05, 0.1) is 12.2 Å². The number of aryl methyl sites for hydroxylation is 1. The SMILES string of the molecule is Cc1cccc(CN(C)CC(=O)N(C)CCCN)n1. The van der Waals surface area contributed by atoms with Gasteiger partial charge in [0.2, 0.25) is 5.91 Å². The van der Waals surface area contributed by atoms with Gasteiger partial charge in [-0.1, -0.05) is 6.07 Å². The van der Waals surface area contributed by atoms with Crippen molar-refractivity contribution in [2.75, 3.05) is 33.7 Å². The zero-order valence-electron chi connectivity index (χ0n) is 12.1. The number of nitrogens with two attached hydrogens (primary N) is 1. The predicted octanol–water partition coefficient (Wildman–Crippen LogP) is 0.629. The lowest BCUT2D eigenvalue weighted by atomic mass is 10.3. The van der Waals surface area contributed by atoms with E-state index in [-0.39, 0.29) is 5.91 Å². The second-order valence-corrected chi connectivity index (χ2v) is 4.90. The van der Waals surface area contributed by atoms with Crippen molar-refractivity contribution in [3.8, 4) is 0 Å². The summed E-state index contributed by atoms with van der Waals surface area (Å²) < 4.78 is 0. The van der Waals surface area contributed by atoms with Crippen molar-refractivity contribution in [3.63, 3.8) is 0 Å². The van der Waals surface area contributed by atoms with Crippen LogP contribution >= 0.6 is 0 Å². The van der Waals surface area contributed by atoms with Crippen LogP contribution in [0.4, 0.5) is 0 Å². The Kier molecular flexibility index (Phi) is 6.45. The molecule has 0 bridgehead atoms. The average Bonchev–Trinajstić information content (AvgIpc) is 2.35. The van der Waals surface area contributed by atoms with E-state index >= 15 is 0 Å². The van der Waals surface area contributed by atoms with Crippen LogP contribution < -0.4 is 5.73 Å². The fourth-order valence-corrected chi connectivity index (χ4v) is 1.82. The number of nitrogens with zero attached hydrogens (tertiary/aromatic N) is 3. The molecule has 0 atom stereocenters. The summed E-state index contributed by atoms with van der Waals surface area (Å²) in [6.45, 7) is 4.37. The number of rotatable bonds is 7. The third kappa shape index (κ3) is 5.81. The number of carbonyl (C=O) groups is 1. The van der Waals surface area contributed by atoms with E-state index in [1.54, 1.807) is 4.90 Å². The first-order valence-corrected chi connectivity index (χ1v) is 6.58. The highest BCUT2D eigenvalue weighted by Crippen LogP contribution is 2.02. The van der Waals surface area contributed by atoms with Gasteiger partial charge in [-0.2, -0.15) is 0 Å². The van der Waals surface area contributed by atoms with Crippen molar-refractivity contribution in [1.82, 2.24) is 14.8 Å². The Morgan fingerprint density at radius 1 is 1.37 bits per heavy atom. The molecule has 2 N–H and O–H groups in total. The van der Waals surface area contributed by atoms with Gasteiger partial charge < -0.3 is 10.6 Å². The summed E-state index contributed by atoms with van der Waals surface area (Å²) in [6.07, 6.45) is 0.839. The Balaban J connectivity index is 2.42. The molecule has 1 aromatic rings. The maximum atomic E-state index is 11.9. The van der Waals surface area contributed by atoms with Crippen molar-refractivity contribution in [3.05, 3.63) is 29.6 Å². The molecular formula is C14H24N4O. The summed E-state index contributed by atoms with van der Waals surface area (Å²) in [5, 5.41) is 0. The van der Waals surface area contributed by atoms with E-state index < -0.39 is 0 Å². The summed E-state index contributed by atoms with van der Waals surface area (Å²) >= 11 is 0. The van der Waals surface area contributed by atoms with E-state index in [1.165, 1.54) is 0 Å². The molecule has 0 spiro atoms. The average molecular weight is 264 g/mol. The molecule has 0 aliphatic rings. The smallest absolute Gasteiger partial charge is 0.236 e. The third-order valence-electron chi connectivity index (χ3n) is 2.91. The van der Waals surface area contributed by atoms with Gasteiger partial charge in [-0.3, -0.25) is 14.7 Å². The van der Waals surface area contributed by atoms with Crippen molar-refractivity contribution in [1.29, 1.82) is 0 Å². The second-order valence-electron chi connectivity index (χ2n) is 4.90. The maximum Gasteiger partial charge on any atom is 0.236 e. The number of hydrogen-bond donors (Lipinski definition) is 1. The Morgan fingerprint density at radius 2 is 2.11 bits per heavy atom. The molecule has 106 valence electrons. The molecule has 1 amide bonds. The quantitative estimate of drug-likeness (QED) is 0.784. The fraction of sp³-hybridized carbons (Fsp3) is 0.571. The summed E-state index contributed by atoms with van der Waals surface area (Å²) in [7, 11) is 3.75. The van der Waals surface area contributed by atoms with Gasteiger partial charge in [0.15, 0.2) is 0 Å². The predicted molar refractivity (Wildman–Crippen MR) is 76.6 cm³/mol. The Morgan fingerprint density at radius 3 is 2.74 bits per heavy atom. The molecule has 0 aliphatic carbocycles. The van der Waals surface area contributed by atoms with Crippen LogP contribution in [0.1, 0.15) is 17.8 Å². The lowest BCUT2D eigenvalue weighted by molar-refractivity contribution is -0.130. The molecular weight excluding hydrogens is 240 g/mol. The maximum absolute atomic E-state index is 11.9. The van der Waals surface area contributed by atoms with Crippen molar-refractivity contribution >= 4 is 5.91 Å². The van der Waals surface area contributed by atoms with E-state index in [2.05, 4.69) is 4.98 Å². The topological polar surface area (TPSA) is 62.5 Å². The number of carbonyl (C=O) groups excluding carboxylic acids is 1. The first kappa shape index (κ1) is 15.6. The van der Waals surface area contributed by atoms with Crippen LogP contribution in [0.2, 0.25) is 0 Å². The van der Waals surface area contributed by atoms with Crippen LogP contribution in [0.25, 0.3) is 0 Å². The fourth-order valence-electron chi connectivity index (χ4n) is 1.82. The first-order valence-electron chi connectivity index (χ1n) is 6.58. The van der Waals surface area contributed by atoms with E-state index in [0.29, 0.717) is 26.2 Å². The number of pyridine rings is 1. The van der Waals surface area contributed by atoms with E-state index in [0.717, 1.165) is 17.8 Å². The van der Waals surface area contributed by atoms with Gasteiger partial charge in [0.1, 0.15) is 0 Å². The summed E-state index contributed by atoms with van der Waals surface area (Å²) in [4.78, 5) is 20.1. The molecule has 0 unspecified atom stereocenters. The van der Waals surface area contributed by atoms with Crippen LogP contribution in [0, 0.1) is 6.92 Å². The molecule has 0 saturated heterocycles. The van der Waals surface area contributed by atoms with Gasteiger partial charge >= 0.3 is 0 Å². The zero-order chi connectivity index (χ0) is 14.3. The first-order chi connectivity index (χ1) is 9.02. The van der Waals surface area contributed by atoms with Gasteiger partial charge in [-0.25, -0.2) is 0 Å². The van der Waals surface area contributed by atoms with Gasteiger partial charge in [-0.05, 0) is 39.1 Å².